The largest absolute Gasteiger partial charge is 0.462 e. The molecule has 0 aromatic rings. The molecule has 80 heavy (non-hydrogen) atoms. The fraction of sp³-hybridized carbons (Fsp3) is 0.554. The minimum absolute atomic E-state index is 0.105. The average molecular weight is 1100 g/mol. The molecule has 0 saturated heterocycles. The highest BCUT2D eigenvalue weighted by atomic mass is 16.6. The van der Waals surface area contributed by atoms with E-state index >= 15 is 0 Å². The summed E-state index contributed by atoms with van der Waals surface area (Å²) < 4.78 is 16.7. The van der Waals surface area contributed by atoms with Gasteiger partial charge in [0.25, 0.3) is 0 Å². The Hall–Kier alpha value is -5.49. The standard InChI is InChI=1S/C74H114O6/c1-4-7-10-13-16-18-20-22-24-26-28-30-32-34-35-36-37-38-39-41-42-44-46-48-50-52-54-56-58-61-64-67-73(76)79-70-71(69-78-72(75)66-63-60-15-12-9-6-3)80-74(77)68-65-62-59-57-55-53-51-49-47-45-43-40-33-31-29-27-25-23-21-19-17-14-11-8-5-2/h7-8,10-11,16-19,22-25,28-31,34-35,37-38,40-43,46-49,53,55,71H,4-6,9,12-15,20-21,26-27,32-33,36,39,44-45,50-52,54,56-70H2,1-3H3/b10-7-,11-8-,18-16-,19-17-,24-22-,25-23-,30-28-,31-29-,35-34-,38-37-,42-41-,43-40-,48-46-,49-47-,55-53-. The molecule has 0 rings (SSSR count). The first-order valence-corrected chi connectivity index (χ1v) is 31.8. The van der Waals surface area contributed by atoms with Crippen molar-refractivity contribution in [2.24, 2.45) is 0 Å². The van der Waals surface area contributed by atoms with Gasteiger partial charge in [-0.15, -0.1) is 0 Å². The van der Waals surface area contributed by atoms with Crippen LogP contribution in [0.5, 0.6) is 0 Å². The van der Waals surface area contributed by atoms with Crippen molar-refractivity contribution in [2.45, 2.75) is 252 Å². The molecule has 0 radical (unpaired) electrons. The Morgan fingerprint density at radius 3 is 0.775 bits per heavy atom. The molecule has 6 nitrogen and oxygen atoms in total. The van der Waals surface area contributed by atoms with E-state index in [9.17, 15) is 14.4 Å². The first kappa shape index (κ1) is 74.5. The number of ether oxygens (including phenoxy) is 3. The third-order valence-electron chi connectivity index (χ3n) is 12.7. The predicted octanol–water partition coefficient (Wildman–Crippen LogP) is 22.0. The third kappa shape index (κ3) is 63.3. The molecular formula is C74H114O6. The topological polar surface area (TPSA) is 78.9 Å². The molecule has 1 atom stereocenters. The molecule has 6 heteroatoms. The first-order chi connectivity index (χ1) is 39.5. The van der Waals surface area contributed by atoms with E-state index < -0.39 is 6.10 Å². The Bertz CT molecular complexity index is 1890. The number of hydrogen-bond donors (Lipinski definition) is 0. The maximum atomic E-state index is 12.8. The molecule has 446 valence electrons. The van der Waals surface area contributed by atoms with Crippen molar-refractivity contribution in [3.05, 3.63) is 182 Å². The number of carbonyl (C=O) groups is 3. The summed E-state index contributed by atoms with van der Waals surface area (Å²) in [6.45, 7) is 6.29. The van der Waals surface area contributed by atoms with Gasteiger partial charge in [0.2, 0.25) is 0 Å². The van der Waals surface area contributed by atoms with Gasteiger partial charge in [-0.25, -0.2) is 0 Å². The van der Waals surface area contributed by atoms with Gasteiger partial charge in [-0.1, -0.05) is 267 Å². The highest BCUT2D eigenvalue weighted by Gasteiger charge is 2.19. The van der Waals surface area contributed by atoms with Gasteiger partial charge in [0.05, 0.1) is 0 Å². The maximum Gasteiger partial charge on any atom is 0.306 e. The summed E-state index contributed by atoms with van der Waals surface area (Å²) in [5.41, 5.74) is 0. The molecule has 0 spiro atoms. The second kappa shape index (κ2) is 66.0. The van der Waals surface area contributed by atoms with Crippen LogP contribution in [0.1, 0.15) is 245 Å². The molecule has 0 fully saturated rings. The summed E-state index contributed by atoms with van der Waals surface area (Å²) >= 11 is 0. The lowest BCUT2D eigenvalue weighted by Gasteiger charge is -2.18. The van der Waals surface area contributed by atoms with Crippen molar-refractivity contribution in [3.63, 3.8) is 0 Å². The van der Waals surface area contributed by atoms with Crippen LogP contribution in [0.3, 0.4) is 0 Å². The third-order valence-corrected chi connectivity index (χ3v) is 12.7. The number of esters is 3. The maximum absolute atomic E-state index is 12.8. The van der Waals surface area contributed by atoms with E-state index in [0.29, 0.717) is 19.3 Å². The van der Waals surface area contributed by atoms with Crippen molar-refractivity contribution in [1.29, 1.82) is 0 Å². The number of allylic oxidation sites excluding steroid dienone is 30. The van der Waals surface area contributed by atoms with Crippen LogP contribution in [0.2, 0.25) is 0 Å². The Morgan fingerprint density at radius 1 is 0.263 bits per heavy atom. The molecule has 0 heterocycles. The second-order valence-corrected chi connectivity index (χ2v) is 20.2. The van der Waals surface area contributed by atoms with Gasteiger partial charge in [-0.2, -0.15) is 0 Å². The molecule has 0 aliphatic carbocycles. The SMILES string of the molecule is CC/C=C\C/C=C\C/C=C\C/C=C\C/C=C\C/C=C\C/C=C\C/C=C\CCCCCCCCC(=O)OCC(COC(=O)CCCCCCCC)OC(=O)CCCCC/C=C\C/C=C\C/C=C\C/C=C\C/C=C\C/C=C\C/C=C\CC. The average Bonchev–Trinajstić information content (AvgIpc) is 3.46. The number of carbonyl (C=O) groups excluding carboxylic acids is 3. The zero-order valence-electron chi connectivity index (χ0n) is 51.0. The highest BCUT2D eigenvalue weighted by molar-refractivity contribution is 5.71. The normalized spacial score (nSPS) is 13.4. The molecule has 0 aliphatic rings. The molecule has 0 bridgehead atoms. The molecule has 0 aliphatic heterocycles. The number of rotatable bonds is 55. The van der Waals surface area contributed by atoms with Gasteiger partial charge < -0.3 is 14.2 Å². The lowest BCUT2D eigenvalue weighted by atomic mass is 10.1. The monoisotopic (exact) mass is 1100 g/mol. The van der Waals surface area contributed by atoms with E-state index in [0.717, 1.165) is 167 Å². The lowest BCUT2D eigenvalue weighted by molar-refractivity contribution is -0.167. The van der Waals surface area contributed by atoms with Crippen LogP contribution in [0.15, 0.2) is 182 Å². The first-order valence-electron chi connectivity index (χ1n) is 31.8. The van der Waals surface area contributed by atoms with Gasteiger partial charge >= 0.3 is 17.9 Å². The van der Waals surface area contributed by atoms with Crippen molar-refractivity contribution in [1.82, 2.24) is 0 Å². The minimum atomic E-state index is -0.810. The van der Waals surface area contributed by atoms with E-state index in [4.69, 9.17) is 14.2 Å². The van der Waals surface area contributed by atoms with Crippen LogP contribution >= 0.6 is 0 Å². The van der Waals surface area contributed by atoms with Gasteiger partial charge in [-0.05, 0) is 141 Å². The fourth-order valence-electron chi connectivity index (χ4n) is 7.97. The summed E-state index contributed by atoms with van der Waals surface area (Å²) in [4.78, 5) is 38.0. The highest BCUT2D eigenvalue weighted by Crippen LogP contribution is 2.13. The lowest BCUT2D eigenvalue weighted by Crippen LogP contribution is -2.30. The van der Waals surface area contributed by atoms with Crippen molar-refractivity contribution in [2.75, 3.05) is 13.2 Å². The second-order valence-electron chi connectivity index (χ2n) is 20.2. The summed E-state index contributed by atoms with van der Waals surface area (Å²) in [7, 11) is 0. The van der Waals surface area contributed by atoms with E-state index in [2.05, 4.69) is 203 Å². The Labute approximate surface area is 491 Å². The van der Waals surface area contributed by atoms with E-state index in [1.165, 1.54) is 32.1 Å². The van der Waals surface area contributed by atoms with Crippen LogP contribution in [0, 0.1) is 0 Å². The van der Waals surface area contributed by atoms with Crippen molar-refractivity contribution < 1.29 is 28.6 Å². The summed E-state index contributed by atoms with van der Waals surface area (Å²) in [6, 6.07) is 0. The Balaban J connectivity index is 4.26. The summed E-state index contributed by atoms with van der Waals surface area (Å²) in [5, 5.41) is 0. The van der Waals surface area contributed by atoms with Crippen LogP contribution in [0.4, 0.5) is 0 Å². The molecule has 0 amide bonds. The molecule has 0 saturated carbocycles. The summed E-state index contributed by atoms with van der Waals surface area (Å²) in [5.74, 6) is -0.973. The van der Waals surface area contributed by atoms with Crippen molar-refractivity contribution in [3.8, 4) is 0 Å². The van der Waals surface area contributed by atoms with E-state index in [1.54, 1.807) is 0 Å². The quantitative estimate of drug-likeness (QED) is 0.0261. The molecule has 0 aromatic heterocycles. The van der Waals surface area contributed by atoms with Crippen LogP contribution in [0.25, 0.3) is 0 Å². The van der Waals surface area contributed by atoms with E-state index in [-0.39, 0.29) is 37.5 Å². The molecule has 0 N–H and O–H groups in total. The van der Waals surface area contributed by atoms with Gasteiger partial charge in [-0.3, -0.25) is 14.4 Å². The predicted molar refractivity (Wildman–Crippen MR) is 348 cm³/mol. The van der Waals surface area contributed by atoms with Gasteiger partial charge in [0.15, 0.2) is 6.10 Å². The molecule has 1 unspecified atom stereocenters. The fourth-order valence-corrected chi connectivity index (χ4v) is 7.97. The smallest absolute Gasteiger partial charge is 0.306 e. The van der Waals surface area contributed by atoms with Gasteiger partial charge in [0, 0.05) is 19.3 Å². The van der Waals surface area contributed by atoms with Crippen LogP contribution in [-0.2, 0) is 28.6 Å². The molecular weight excluding hydrogens is 985 g/mol. The zero-order chi connectivity index (χ0) is 57.8. The van der Waals surface area contributed by atoms with E-state index in [1.807, 2.05) is 0 Å². The minimum Gasteiger partial charge on any atom is -0.462 e. The summed E-state index contributed by atoms with van der Waals surface area (Å²) in [6.07, 6.45) is 99.3. The Kier molecular flexibility index (Phi) is 61.5. The number of hydrogen-bond acceptors (Lipinski definition) is 6. The number of unbranched alkanes of at least 4 members (excludes halogenated alkanes) is 14. The van der Waals surface area contributed by atoms with Gasteiger partial charge in [0.1, 0.15) is 13.2 Å². The molecule has 0 aromatic carbocycles. The van der Waals surface area contributed by atoms with Crippen molar-refractivity contribution >= 4 is 17.9 Å². The zero-order valence-corrected chi connectivity index (χ0v) is 51.0. The van der Waals surface area contributed by atoms with Crippen LogP contribution < -0.4 is 0 Å². The van der Waals surface area contributed by atoms with Crippen LogP contribution in [-0.4, -0.2) is 37.2 Å². The Morgan fingerprint density at radius 2 is 0.487 bits per heavy atom.